The Kier molecular flexibility index (Phi) is 5.32. The third kappa shape index (κ3) is 4.09. The number of nitrogens with zero attached hydrogens (tertiary/aromatic N) is 5. The summed E-state index contributed by atoms with van der Waals surface area (Å²) in [5.74, 6) is 0.445. The van der Waals surface area contributed by atoms with Crippen LogP contribution in [0.5, 0.6) is 11.8 Å². The number of aliphatic hydroxyl groups excluding tert-OH is 1. The Morgan fingerprint density at radius 1 is 1.23 bits per heavy atom. The summed E-state index contributed by atoms with van der Waals surface area (Å²) >= 11 is 0. The van der Waals surface area contributed by atoms with Gasteiger partial charge < -0.3 is 14.6 Å². The van der Waals surface area contributed by atoms with E-state index in [1.807, 2.05) is 0 Å². The Bertz CT molecular complexity index is 888. The van der Waals surface area contributed by atoms with E-state index in [2.05, 4.69) is 24.8 Å². The van der Waals surface area contributed by atoms with Crippen LogP contribution >= 0.6 is 0 Å². The number of hydrogen-bond acceptors (Lipinski definition) is 7. The van der Waals surface area contributed by atoms with Crippen LogP contribution in [0.3, 0.4) is 0 Å². The van der Waals surface area contributed by atoms with Crippen LogP contribution in [0.4, 0.5) is 8.78 Å². The largest absolute Gasteiger partial charge is 0.481 e. The van der Waals surface area contributed by atoms with Crippen molar-refractivity contribution in [3.63, 3.8) is 0 Å². The van der Waals surface area contributed by atoms with Crippen LogP contribution in [-0.2, 0) is 13.2 Å². The molecule has 0 fully saturated rings. The fourth-order valence-electron chi connectivity index (χ4n) is 2.35. The Morgan fingerprint density at radius 3 is 2.77 bits per heavy atom. The second-order valence-electron chi connectivity index (χ2n) is 5.18. The third-order valence-corrected chi connectivity index (χ3v) is 3.43. The zero-order valence-electron chi connectivity index (χ0n) is 13.7. The summed E-state index contributed by atoms with van der Waals surface area (Å²) in [6.45, 7) is -2.84. The minimum atomic E-state index is -2.96. The maximum absolute atomic E-state index is 12.4. The molecule has 0 unspecified atom stereocenters. The van der Waals surface area contributed by atoms with Crippen LogP contribution in [0.1, 0.15) is 11.4 Å². The van der Waals surface area contributed by atoms with Gasteiger partial charge in [-0.3, -0.25) is 0 Å². The molecule has 0 aliphatic heterocycles. The molecule has 0 radical (unpaired) electrons. The van der Waals surface area contributed by atoms with Gasteiger partial charge in [0.25, 0.3) is 0 Å². The van der Waals surface area contributed by atoms with Gasteiger partial charge in [0, 0.05) is 24.0 Å². The van der Waals surface area contributed by atoms with Crippen LogP contribution in [0.2, 0.25) is 0 Å². The number of halogens is 2. The summed E-state index contributed by atoms with van der Waals surface area (Å²) in [4.78, 5) is 11.9. The number of hydrogen-bond donors (Lipinski definition) is 1. The molecule has 0 aliphatic rings. The molecular weight excluding hydrogens is 348 g/mol. The van der Waals surface area contributed by atoms with Gasteiger partial charge in [-0.15, -0.1) is 0 Å². The predicted octanol–water partition coefficient (Wildman–Crippen LogP) is 1.89. The lowest BCUT2D eigenvalue weighted by Crippen LogP contribution is -2.04. The minimum absolute atomic E-state index is 0.200. The van der Waals surface area contributed by atoms with Crippen molar-refractivity contribution in [1.82, 2.24) is 24.7 Å². The number of rotatable bonds is 7. The zero-order chi connectivity index (χ0) is 18.5. The fraction of sp³-hybridized carbons (Fsp3) is 0.250. The van der Waals surface area contributed by atoms with E-state index in [-0.39, 0.29) is 12.5 Å². The predicted molar refractivity (Wildman–Crippen MR) is 85.7 cm³/mol. The summed E-state index contributed by atoms with van der Waals surface area (Å²) in [6.07, 6.45) is 4.47. The fourth-order valence-corrected chi connectivity index (χ4v) is 2.35. The van der Waals surface area contributed by atoms with Crippen molar-refractivity contribution in [2.75, 3.05) is 7.11 Å². The van der Waals surface area contributed by atoms with Gasteiger partial charge in [-0.1, -0.05) is 0 Å². The molecule has 0 saturated heterocycles. The molecule has 3 rings (SSSR count). The van der Waals surface area contributed by atoms with E-state index in [0.717, 1.165) is 5.56 Å². The van der Waals surface area contributed by atoms with Crippen molar-refractivity contribution in [3.05, 3.63) is 48.3 Å². The highest BCUT2D eigenvalue weighted by molar-refractivity contribution is 5.69. The highest BCUT2D eigenvalue weighted by atomic mass is 19.3. The van der Waals surface area contributed by atoms with E-state index < -0.39 is 6.61 Å². The van der Waals surface area contributed by atoms with Crippen LogP contribution < -0.4 is 9.47 Å². The van der Waals surface area contributed by atoms with Crippen LogP contribution in [0, 0.1) is 0 Å². The first-order valence-corrected chi connectivity index (χ1v) is 7.52. The van der Waals surface area contributed by atoms with Gasteiger partial charge >= 0.3 is 6.61 Å². The quantitative estimate of drug-likeness (QED) is 0.685. The summed E-state index contributed by atoms with van der Waals surface area (Å²) in [7, 11) is 1.47. The lowest BCUT2D eigenvalue weighted by Gasteiger charge is -2.11. The van der Waals surface area contributed by atoms with Gasteiger partial charge in [0.05, 0.1) is 13.7 Å². The van der Waals surface area contributed by atoms with Crippen molar-refractivity contribution in [3.8, 4) is 22.9 Å². The van der Waals surface area contributed by atoms with Crippen molar-refractivity contribution in [2.24, 2.45) is 0 Å². The molecule has 0 amide bonds. The molecule has 0 spiro atoms. The molecule has 8 nitrogen and oxygen atoms in total. The van der Waals surface area contributed by atoms with Gasteiger partial charge in [0.2, 0.25) is 11.8 Å². The van der Waals surface area contributed by atoms with E-state index in [4.69, 9.17) is 9.84 Å². The van der Waals surface area contributed by atoms with E-state index in [9.17, 15) is 8.78 Å². The second kappa shape index (κ2) is 7.83. The molecule has 0 bridgehead atoms. The highest BCUT2D eigenvalue weighted by Gasteiger charge is 2.13. The average Bonchev–Trinajstić information content (AvgIpc) is 3.09. The zero-order valence-corrected chi connectivity index (χ0v) is 13.7. The summed E-state index contributed by atoms with van der Waals surface area (Å²) in [6, 6.07) is 4.82. The standard InChI is InChI=1S/C16H15F2N5O3/c1-25-15-12(11-2-3-19-14(5-11)26-16(17)18)4-10(6-20-15)7-23-9-21-13(8-24)22-23/h2-6,9,16,24H,7-8H2,1H3. The van der Waals surface area contributed by atoms with Gasteiger partial charge in [0.1, 0.15) is 12.9 Å². The van der Waals surface area contributed by atoms with E-state index in [1.165, 1.54) is 25.7 Å². The Hall–Kier alpha value is -3.14. The monoisotopic (exact) mass is 363 g/mol. The maximum Gasteiger partial charge on any atom is 0.388 e. The lowest BCUT2D eigenvalue weighted by molar-refractivity contribution is -0.0528. The maximum atomic E-state index is 12.4. The molecule has 3 aromatic heterocycles. The molecule has 3 aromatic rings. The topological polar surface area (TPSA) is 95.2 Å². The highest BCUT2D eigenvalue weighted by Crippen LogP contribution is 2.30. The first-order valence-electron chi connectivity index (χ1n) is 7.52. The molecule has 0 aromatic carbocycles. The summed E-state index contributed by atoms with van der Waals surface area (Å²) < 4.78 is 36.0. The van der Waals surface area contributed by atoms with Gasteiger partial charge in [-0.25, -0.2) is 19.6 Å². The van der Waals surface area contributed by atoms with Crippen LogP contribution in [-0.4, -0.2) is 43.6 Å². The molecule has 136 valence electrons. The molecule has 0 saturated carbocycles. The lowest BCUT2D eigenvalue weighted by atomic mass is 10.1. The molecular formula is C16H15F2N5O3. The molecule has 0 aliphatic carbocycles. The van der Waals surface area contributed by atoms with Crippen molar-refractivity contribution < 1.29 is 23.4 Å². The van der Waals surface area contributed by atoms with Gasteiger partial charge in [-0.05, 0) is 23.3 Å². The van der Waals surface area contributed by atoms with Crippen LogP contribution in [0.25, 0.3) is 11.1 Å². The van der Waals surface area contributed by atoms with Crippen molar-refractivity contribution >= 4 is 0 Å². The molecule has 0 atom stereocenters. The second-order valence-corrected chi connectivity index (χ2v) is 5.18. The molecule has 3 heterocycles. The first kappa shape index (κ1) is 17.7. The number of ether oxygens (including phenoxy) is 2. The number of aromatic nitrogens is 5. The average molecular weight is 363 g/mol. The van der Waals surface area contributed by atoms with E-state index >= 15 is 0 Å². The molecule has 26 heavy (non-hydrogen) atoms. The van der Waals surface area contributed by atoms with Crippen molar-refractivity contribution in [2.45, 2.75) is 19.8 Å². The number of alkyl halides is 2. The Balaban J connectivity index is 1.92. The summed E-state index contributed by atoms with van der Waals surface area (Å²) in [5, 5.41) is 13.1. The third-order valence-electron chi connectivity index (χ3n) is 3.43. The Morgan fingerprint density at radius 2 is 2.08 bits per heavy atom. The van der Waals surface area contributed by atoms with Gasteiger partial charge in [0.15, 0.2) is 5.82 Å². The number of aliphatic hydroxyl groups is 1. The number of pyridine rings is 2. The van der Waals surface area contributed by atoms with Gasteiger partial charge in [-0.2, -0.15) is 13.9 Å². The SMILES string of the molecule is COc1ncc(Cn2cnc(CO)n2)cc1-c1ccnc(OC(F)F)c1. The normalized spacial score (nSPS) is 11.0. The summed E-state index contributed by atoms with van der Waals surface area (Å²) in [5.41, 5.74) is 1.94. The van der Waals surface area contributed by atoms with E-state index in [1.54, 1.807) is 23.0 Å². The first-order chi connectivity index (χ1) is 12.6. The Labute approximate surface area is 147 Å². The molecule has 1 N–H and O–H groups in total. The van der Waals surface area contributed by atoms with Crippen molar-refractivity contribution in [1.29, 1.82) is 0 Å². The molecule has 10 heteroatoms. The minimum Gasteiger partial charge on any atom is -0.481 e. The number of methoxy groups -OCH3 is 1. The van der Waals surface area contributed by atoms with E-state index in [0.29, 0.717) is 29.4 Å². The van der Waals surface area contributed by atoms with Crippen LogP contribution in [0.15, 0.2) is 36.9 Å². The smallest absolute Gasteiger partial charge is 0.388 e.